The summed E-state index contributed by atoms with van der Waals surface area (Å²) in [6.45, 7) is 6.82. The summed E-state index contributed by atoms with van der Waals surface area (Å²) >= 11 is 0. The van der Waals surface area contributed by atoms with Gasteiger partial charge >= 0.3 is 7.48 Å². The highest BCUT2D eigenvalue weighted by Gasteiger charge is 2.35. The summed E-state index contributed by atoms with van der Waals surface area (Å²) in [4.78, 5) is 0. The molecule has 79 valence electrons. The number of hydrogen-bond acceptors (Lipinski definition) is 4. The third-order valence-corrected chi connectivity index (χ3v) is 2.23. The first-order chi connectivity index (χ1) is 6.20. The maximum atomic E-state index is 9.73. The number of aliphatic hydroxyl groups is 1. The summed E-state index contributed by atoms with van der Waals surface area (Å²) in [6, 6.07) is 0. The minimum absolute atomic E-state index is 0.157. The highest BCUT2D eigenvalue weighted by Crippen LogP contribution is 2.24. The lowest BCUT2D eigenvalue weighted by molar-refractivity contribution is -0.0890. The minimum Gasteiger partial charge on any atom is -0.425 e. The maximum Gasteiger partial charge on any atom is 0.350 e. The van der Waals surface area contributed by atoms with Crippen LogP contribution in [-0.4, -0.2) is 29.4 Å². The second-order valence-electron chi connectivity index (χ2n) is 4.12. The lowest BCUT2D eigenvalue weighted by Crippen LogP contribution is -2.48. The van der Waals surface area contributed by atoms with Gasteiger partial charge in [0.05, 0.1) is 11.2 Å². The van der Waals surface area contributed by atoms with E-state index in [1.165, 1.54) is 19.8 Å². The van der Waals surface area contributed by atoms with Crippen molar-refractivity contribution in [3.63, 3.8) is 0 Å². The predicted molar refractivity (Wildman–Crippen MR) is 58.3 cm³/mol. The molecular formula is C9H18BN2O2. The van der Waals surface area contributed by atoms with E-state index in [1.807, 2.05) is 0 Å². The topological polar surface area (TPSA) is 79.3 Å². The lowest BCUT2D eigenvalue weighted by Gasteiger charge is -2.37. The number of allylic oxidation sites excluding steroid dienone is 1. The molecule has 0 bridgehead atoms. The summed E-state index contributed by atoms with van der Waals surface area (Å²) in [5.74, 6) is 0. The van der Waals surface area contributed by atoms with Gasteiger partial charge in [-0.1, -0.05) is 0 Å². The molecule has 4 N–H and O–H groups in total. The van der Waals surface area contributed by atoms with Gasteiger partial charge in [0.2, 0.25) is 0 Å². The van der Waals surface area contributed by atoms with Crippen LogP contribution in [0, 0.1) is 5.41 Å². The molecule has 0 aromatic heterocycles. The molecular weight excluding hydrogens is 179 g/mol. The van der Waals surface area contributed by atoms with Crippen LogP contribution in [0.25, 0.3) is 0 Å². The van der Waals surface area contributed by atoms with Crippen molar-refractivity contribution in [1.82, 2.24) is 0 Å². The van der Waals surface area contributed by atoms with E-state index < -0.39 is 11.2 Å². The van der Waals surface area contributed by atoms with Gasteiger partial charge in [0.15, 0.2) is 0 Å². The van der Waals surface area contributed by atoms with Gasteiger partial charge in [-0.2, -0.15) is 0 Å². The average Bonchev–Trinajstić information content (AvgIpc) is 1.99. The van der Waals surface area contributed by atoms with Gasteiger partial charge in [-0.15, -0.1) is 0 Å². The van der Waals surface area contributed by atoms with Gasteiger partial charge < -0.3 is 20.9 Å². The van der Waals surface area contributed by atoms with Crippen molar-refractivity contribution in [3.05, 3.63) is 12.3 Å². The van der Waals surface area contributed by atoms with Crippen molar-refractivity contribution in [2.24, 2.45) is 5.73 Å². The third kappa shape index (κ3) is 3.94. The first-order valence-corrected chi connectivity index (χ1v) is 4.41. The zero-order valence-electron chi connectivity index (χ0n) is 9.16. The molecule has 0 spiro atoms. The molecule has 14 heavy (non-hydrogen) atoms. The fourth-order valence-electron chi connectivity index (χ4n) is 0.498. The van der Waals surface area contributed by atoms with E-state index in [9.17, 15) is 5.11 Å². The number of hydrogen-bond donors (Lipinski definition) is 3. The van der Waals surface area contributed by atoms with Crippen LogP contribution in [-0.2, 0) is 4.65 Å². The predicted octanol–water partition coefficient (Wildman–Crippen LogP) is 0.621. The first-order valence-electron chi connectivity index (χ1n) is 4.41. The summed E-state index contributed by atoms with van der Waals surface area (Å²) < 4.78 is 5.30. The van der Waals surface area contributed by atoms with Crippen LogP contribution in [0.4, 0.5) is 0 Å². The van der Waals surface area contributed by atoms with E-state index in [2.05, 4.69) is 0 Å². The van der Waals surface area contributed by atoms with Gasteiger partial charge in [-0.05, 0) is 40.0 Å². The summed E-state index contributed by atoms with van der Waals surface area (Å²) in [5, 5.41) is 17.1. The first kappa shape index (κ1) is 13.2. The van der Waals surface area contributed by atoms with Gasteiger partial charge in [-0.25, -0.2) is 0 Å². The average molecular weight is 197 g/mol. The van der Waals surface area contributed by atoms with Crippen molar-refractivity contribution < 1.29 is 9.76 Å². The van der Waals surface area contributed by atoms with Crippen LogP contribution in [0.1, 0.15) is 27.7 Å². The Bertz CT molecular complexity index is 231. The third-order valence-electron chi connectivity index (χ3n) is 2.23. The normalized spacial score (nSPS) is 13.2. The highest BCUT2D eigenvalue weighted by atomic mass is 16.5. The molecule has 0 atom stereocenters. The van der Waals surface area contributed by atoms with Crippen molar-refractivity contribution in [1.29, 1.82) is 5.41 Å². The molecule has 0 saturated heterocycles. The molecule has 0 aliphatic heterocycles. The summed E-state index contributed by atoms with van der Waals surface area (Å²) in [6.07, 6.45) is 2.67. The van der Waals surface area contributed by atoms with Gasteiger partial charge in [0.1, 0.15) is 0 Å². The van der Waals surface area contributed by atoms with Crippen LogP contribution >= 0.6 is 0 Å². The molecule has 0 heterocycles. The van der Waals surface area contributed by atoms with Crippen LogP contribution in [0.3, 0.4) is 0 Å². The number of rotatable bonds is 5. The Morgan fingerprint density at radius 1 is 1.43 bits per heavy atom. The minimum atomic E-state index is -0.976. The van der Waals surface area contributed by atoms with E-state index in [0.29, 0.717) is 0 Å². The largest absolute Gasteiger partial charge is 0.425 e. The van der Waals surface area contributed by atoms with Crippen LogP contribution < -0.4 is 5.73 Å². The van der Waals surface area contributed by atoms with Gasteiger partial charge in [0, 0.05) is 5.61 Å². The van der Waals surface area contributed by atoms with Crippen molar-refractivity contribution >= 4 is 13.1 Å². The van der Waals surface area contributed by atoms with Crippen molar-refractivity contribution in [2.75, 3.05) is 0 Å². The van der Waals surface area contributed by atoms with E-state index in [0.717, 1.165) is 0 Å². The fraction of sp³-hybridized carbons (Fsp3) is 0.667. The Morgan fingerprint density at radius 3 is 2.29 bits per heavy atom. The zero-order valence-corrected chi connectivity index (χ0v) is 9.16. The molecule has 0 aromatic rings. The molecule has 4 nitrogen and oxygen atoms in total. The fourth-order valence-corrected chi connectivity index (χ4v) is 0.498. The molecule has 0 aliphatic rings. The van der Waals surface area contributed by atoms with Crippen molar-refractivity contribution in [3.8, 4) is 0 Å². The van der Waals surface area contributed by atoms with Crippen LogP contribution in [0.2, 0.25) is 0 Å². The Hall–Kier alpha value is -0.805. The Balaban J connectivity index is 4.19. The summed E-state index contributed by atoms with van der Waals surface area (Å²) in [5.41, 5.74) is 3.54. The highest BCUT2D eigenvalue weighted by molar-refractivity contribution is 6.72. The zero-order chi connectivity index (χ0) is 11.4. The van der Waals surface area contributed by atoms with Crippen molar-refractivity contribution in [2.45, 2.75) is 38.9 Å². The Morgan fingerprint density at radius 2 is 1.93 bits per heavy atom. The Labute approximate surface area is 85.9 Å². The SMILES string of the molecule is CC(C)(O)C(C)(C)O[B]C(=N)C=CN. The molecule has 0 saturated carbocycles. The summed E-state index contributed by atoms with van der Waals surface area (Å²) in [7, 11) is 1.27. The molecule has 0 amide bonds. The molecule has 0 fully saturated rings. The second-order valence-corrected chi connectivity index (χ2v) is 4.12. The molecule has 0 rings (SSSR count). The Kier molecular flexibility index (Phi) is 4.35. The maximum absolute atomic E-state index is 9.73. The van der Waals surface area contributed by atoms with E-state index in [4.69, 9.17) is 15.8 Å². The van der Waals surface area contributed by atoms with E-state index >= 15 is 0 Å². The van der Waals surface area contributed by atoms with Crippen LogP contribution in [0.5, 0.6) is 0 Å². The van der Waals surface area contributed by atoms with Crippen LogP contribution in [0.15, 0.2) is 12.3 Å². The molecule has 5 heteroatoms. The number of nitrogens with two attached hydrogens (primary N) is 1. The molecule has 0 aromatic carbocycles. The molecule has 0 aliphatic carbocycles. The smallest absolute Gasteiger partial charge is 0.350 e. The second kappa shape index (κ2) is 4.62. The van der Waals surface area contributed by atoms with E-state index in [1.54, 1.807) is 27.7 Å². The standard InChI is InChI=1S/C9H18BN2O2/c1-8(2,13)9(3,4)14-10-7(12)5-6-11/h5-6,12-13H,11H2,1-4H3. The molecule has 1 radical (unpaired) electrons. The lowest BCUT2D eigenvalue weighted by atomic mass is 9.84. The molecule has 0 unspecified atom stereocenters. The monoisotopic (exact) mass is 197 g/mol. The number of nitrogens with one attached hydrogen (secondary N) is 1. The quantitative estimate of drug-likeness (QED) is 0.446. The van der Waals surface area contributed by atoms with E-state index in [-0.39, 0.29) is 5.61 Å². The van der Waals surface area contributed by atoms with Gasteiger partial charge in [-0.3, -0.25) is 0 Å². The van der Waals surface area contributed by atoms with Gasteiger partial charge in [0.25, 0.3) is 0 Å².